The van der Waals surface area contributed by atoms with E-state index in [1.54, 1.807) is 4.90 Å². The summed E-state index contributed by atoms with van der Waals surface area (Å²) in [7, 11) is 0. The van der Waals surface area contributed by atoms with Crippen LogP contribution in [0.3, 0.4) is 0 Å². The Bertz CT molecular complexity index is 800. The molecular formula is C19H23FN4O2. The van der Waals surface area contributed by atoms with E-state index in [0.717, 1.165) is 17.7 Å². The maximum Gasteiger partial charge on any atom is 0.272 e. The van der Waals surface area contributed by atoms with Crippen LogP contribution < -0.4 is 5.32 Å². The van der Waals surface area contributed by atoms with Crippen molar-refractivity contribution in [2.75, 3.05) is 13.1 Å². The number of aromatic amines is 1. The number of benzene rings is 1. The van der Waals surface area contributed by atoms with E-state index in [1.807, 2.05) is 0 Å². The fraction of sp³-hybridized carbons (Fsp3) is 0.421. The molecule has 1 atom stereocenters. The maximum atomic E-state index is 13.1. The number of hydrogen-bond acceptors (Lipinski definition) is 3. The molecule has 0 radical (unpaired) electrons. The van der Waals surface area contributed by atoms with E-state index >= 15 is 0 Å². The van der Waals surface area contributed by atoms with Crippen molar-refractivity contribution >= 4 is 11.8 Å². The summed E-state index contributed by atoms with van der Waals surface area (Å²) < 4.78 is 13.1. The Balaban J connectivity index is 1.73. The molecule has 1 aromatic carbocycles. The van der Waals surface area contributed by atoms with Crippen molar-refractivity contribution in [1.29, 1.82) is 0 Å². The van der Waals surface area contributed by atoms with Crippen molar-refractivity contribution < 1.29 is 14.0 Å². The van der Waals surface area contributed by atoms with Crippen LogP contribution in [0.4, 0.5) is 4.39 Å². The van der Waals surface area contributed by atoms with Crippen LogP contribution in [0.5, 0.6) is 0 Å². The molecule has 7 heteroatoms. The number of hydrogen-bond donors (Lipinski definition) is 2. The predicted molar refractivity (Wildman–Crippen MR) is 95.2 cm³/mol. The number of aromatic nitrogens is 2. The number of nitrogens with zero attached hydrogens (tertiary/aromatic N) is 2. The zero-order valence-corrected chi connectivity index (χ0v) is 15.0. The van der Waals surface area contributed by atoms with Gasteiger partial charge in [0.2, 0.25) is 0 Å². The Labute approximate surface area is 151 Å². The molecule has 0 bridgehead atoms. The topological polar surface area (TPSA) is 78.1 Å². The molecule has 2 N–H and O–H groups in total. The van der Waals surface area contributed by atoms with Gasteiger partial charge in [0.05, 0.1) is 6.54 Å². The highest BCUT2D eigenvalue weighted by Crippen LogP contribution is 2.22. The molecule has 1 aliphatic heterocycles. The number of carbonyl (C=O) groups excluding carboxylic acids is 2. The molecule has 26 heavy (non-hydrogen) atoms. The van der Waals surface area contributed by atoms with Crippen LogP contribution in [0.15, 0.2) is 24.3 Å². The maximum absolute atomic E-state index is 13.1. The first kappa shape index (κ1) is 18.1. The van der Waals surface area contributed by atoms with E-state index in [1.165, 1.54) is 24.3 Å². The van der Waals surface area contributed by atoms with Crippen molar-refractivity contribution in [3.8, 4) is 0 Å². The van der Waals surface area contributed by atoms with Gasteiger partial charge < -0.3 is 10.2 Å². The van der Waals surface area contributed by atoms with Crippen molar-refractivity contribution in [1.82, 2.24) is 20.4 Å². The van der Waals surface area contributed by atoms with Crippen LogP contribution in [0.2, 0.25) is 0 Å². The van der Waals surface area contributed by atoms with Crippen LogP contribution in [0.1, 0.15) is 52.4 Å². The highest BCUT2D eigenvalue weighted by atomic mass is 19.1. The molecule has 138 valence electrons. The third kappa shape index (κ3) is 3.76. The first-order valence-corrected chi connectivity index (χ1v) is 8.88. The lowest BCUT2D eigenvalue weighted by Gasteiger charge is -2.27. The van der Waals surface area contributed by atoms with E-state index in [9.17, 15) is 14.0 Å². The Morgan fingerprint density at radius 3 is 2.77 bits per heavy atom. The van der Waals surface area contributed by atoms with Crippen LogP contribution in [-0.4, -0.2) is 40.0 Å². The minimum atomic E-state index is -0.377. The largest absolute Gasteiger partial charge is 0.350 e. The molecule has 6 nitrogen and oxygen atoms in total. The summed E-state index contributed by atoms with van der Waals surface area (Å²) in [4.78, 5) is 26.8. The summed E-state index contributed by atoms with van der Waals surface area (Å²) in [5, 5.41) is 9.97. The number of amides is 2. The van der Waals surface area contributed by atoms with Gasteiger partial charge in [-0.05, 0) is 30.2 Å². The van der Waals surface area contributed by atoms with Gasteiger partial charge in [-0.3, -0.25) is 14.7 Å². The smallest absolute Gasteiger partial charge is 0.272 e. The lowest BCUT2D eigenvalue weighted by molar-refractivity contribution is 0.0731. The summed E-state index contributed by atoms with van der Waals surface area (Å²) in [5.41, 5.74) is 2.43. The highest BCUT2D eigenvalue weighted by Gasteiger charge is 2.28. The van der Waals surface area contributed by atoms with Crippen molar-refractivity contribution in [2.24, 2.45) is 5.92 Å². The average molecular weight is 358 g/mol. The summed E-state index contributed by atoms with van der Waals surface area (Å²) in [5.74, 6) is -0.385. The summed E-state index contributed by atoms with van der Waals surface area (Å²) in [6.45, 7) is 5.58. The molecule has 2 aromatic rings. The number of rotatable bonds is 5. The van der Waals surface area contributed by atoms with E-state index in [0.29, 0.717) is 43.2 Å². The van der Waals surface area contributed by atoms with E-state index in [2.05, 4.69) is 29.4 Å². The average Bonchev–Trinajstić information content (AvgIpc) is 3.09. The number of H-pyrrole nitrogens is 1. The van der Waals surface area contributed by atoms with E-state index in [4.69, 9.17) is 0 Å². The zero-order chi connectivity index (χ0) is 18.7. The Hall–Kier alpha value is -2.70. The SMILES string of the molecule is CCC(C)CNC(=O)c1n[nH]c2c1CN(C(=O)c1ccc(F)cc1)CC2. The molecule has 0 saturated carbocycles. The molecule has 3 rings (SSSR count). The third-order valence-electron chi connectivity index (χ3n) is 4.83. The van der Waals surface area contributed by atoms with E-state index < -0.39 is 0 Å². The quantitative estimate of drug-likeness (QED) is 0.862. The number of carbonyl (C=O) groups is 2. The molecule has 1 aliphatic rings. The van der Waals surface area contributed by atoms with Crippen LogP contribution in [-0.2, 0) is 13.0 Å². The normalized spacial score (nSPS) is 14.7. The number of halogens is 1. The lowest BCUT2D eigenvalue weighted by atomic mass is 10.0. The van der Waals surface area contributed by atoms with Crippen LogP contribution in [0, 0.1) is 11.7 Å². The third-order valence-corrected chi connectivity index (χ3v) is 4.83. The molecule has 0 aliphatic carbocycles. The Morgan fingerprint density at radius 2 is 2.08 bits per heavy atom. The summed E-state index contributed by atoms with van der Waals surface area (Å²) in [6, 6.07) is 5.49. The first-order valence-electron chi connectivity index (χ1n) is 8.88. The fourth-order valence-electron chi connectivity index (χ4n) is 2.93. The van der Waals surface area contributed by atoms with Gasteiger partial charge >= 0.3 is 0 Å². The van der Waals surface area contributed by atoms with Crippen LogP contribution in [0.25, 0.3) is 0 Å². The van der Waals surface area contributed by atoms with Gasteiger partial charge in [0, 0.05) is 36.3 Å². The van der Waals surface area contributed by atoms with Crippen molar-refractivity contribution in [3.05, 3.63) is 52.6 Å². The minimum Gasteiger partial charge on any atom is -0.350 e. The Kier molecular flexibility index (Phi) is 5.35. The minimum absolute atomic E-state index is 0.178. The number of nitrogens with one attached hydrogen (secondary N) is 2. The number of fused-ring (bicyclic) bond motifs is 1. The van der Waals surface area contributed by atoms with Gasteiger partial charge in [-0.1, -0.05) is 20.3 Å². The monoisotopic (exact) mass is 358 g/mol. The molecule has 0 spiro atoms. The second-order valence-electron chi connectivity index (χ2n) is 6.74. The lowest BCUT2D eigenvalue weighted by Crippen LogP contribution is -2.37. The zero-order valence-electron chi connectivity index (χ0n) is 15.0. The predicted octanol–water partition coefficient (Wildman–Crippen LogP) is 2.52. The standard InChI is InChI=1S/C19H23FN4O2/c1-3-12(2)10-21-18(25)17-15-11-24(9-8-16(15)22-23-17)19(26)13-4-6-14(20)7-5-13/h4-7,12H,3,8-11H2,1-2H3,(H,21,25)(H,22,23). The fourth-order valence-corrected chi connectivity index (χ4v) is 2.93. The van der Waals surface area contributed by atoms with E-state index in [-0.39, 0.29) is 17.6 Å². The molecular weight excluding hydrogens is 335 g/mol. The molecule has 1 unspecified atom stereocenters. The van der Waals surface area contributed by atoms with Crippen molar-refractivity contribution in [2.45, 2.75) is 33.2 Å². The molecule has 1 aromatic heterocycles. The van der Waals surface area contributed by atoms with Gasteiger partial charge in [0.25, 0.3) is 11.8 Å². The molecule has 0 fully saturated rings. The van der Waals surface area contributed by atoms with Crippen LogP contribution >= 0.6 is 0 Å². The second-order valence-corrected chi connectivity index (χ2v) is 6.74. The molecule has 2 heterocycles. The van der Waals surface area contributed by atoms with Gasteiger partial charge in [-0.25, -0.2) is 4.39 Å². The first-order chi connectivity index (χ1) is 12.5. The molecule has 0 saturated heterocycles. The van der Waals surface area contributed by atoms with Gasteiger partial charge in [-0.2, -0.15) is 5.10 Å². The highest BCUT2D eigenvalue weighted by molar-refractivity contribution is 5.96. The Morgan fingerprint density at radius 1 is 1.35 bits per heavy atom. The summed E-state index contributed by atoms with van der Waals surface area (Å²) >= 11 is 0. The summed E-state index contributed by atoms with van der Waals surface area (Å²) in [6.07, 6.45) is 1.59. The second kappa shape index (κ2) is 7.68. The van der Waals surface area contributed by atoms with Gasteiger partial charge in [0.15, 0.2) is 5.69 Å². The van der Waals surface area contributed by atoms with Crippen molar-refractivity contribution in [3.63, 3.8) is 0 Å². The van der Waals surface area contributed by atoms with Gasteiger partial charge in [0.1, 0.15) is 5.82 Å². The molecule has 2 amide bonds. The van der Waals surface area contributed by atoms with Gasteiger partial charge in [-0.15, -0.1) is 0 Å².